The van der Waals surface area contributed by atoms with Crippen LogP contribution < -0.4 is 37.9 Å². The van der Waals surface area contributed by atoms with E-state index in [1.807, 2.05) is 36.4 Å². The number of rotatable bonds is 17. The number of benzene rings is 7. The highest BCUT2D eigenvalue weighted by Crippen LogP contribution is 2.35. The second-order valence-electron chi connectivity index (χ2n) is 13.7. The van der Waals surface area contributed by atoms with E-state index in [9.17, 15) is 4.79 Å². The highest BCUT2D eigenvalue weighted by Gasteiger charge is 2.12. The molecular weight excluding hydrogens is 683 g/mol. The van der Waals surface area contributed by atoms with Gasteiger partial charge in [-0.05, 0) is 80.4 Å². The first-order chi connectivity index (χ1) is 27.0. The normalized spacial score (nSPS) is 11.5. The van der Waals surface area contributed by atoms with E-state index >= 15 is 0 Å². The van der Waals surface area contributed by atoms with E-state index < -0.39 is 0 Å². The summed E-state index contributed by atoms with van der Waals surface area (Å²) in [7, 11) is 0. The van der Waals surface area contributed by atoms with Crippen LogP contribution in [0.4, 0.5) is 39.8 Å². The van der Waals surface area contributed by atoms with E-state index in [0.29, 0.717) is 18.2 Å². The number of anilines is 7. The van der Waals surface area contributed by atoms with Crippen LogP contribution in [0.1, 0.15) is 56.8 Å². The molecule has 0 amide bonds. The lowest BCUT2D eigenvalue weighted by atomic mass is 10.1. The van der Waals surface area contributed by atoms with Crippen molar-refractivity contribution in [1.82, 2.24) is 0 Å². The van der Waals surface area contributed by atoms with Gasteiger partial charge in [0.2, 0.25) is 0 Å². The molecule has 0 bridgehead atoms. The number of carbonyl (C=O) groups excluding carboxylic acids is 1. The molecular formula is C46H49N7O2. The van der Waals surface area contributed by atoms with E-state index in [1.165, 1.54) is 5.39 Å². The molecule has 7 N–H and O–H groups in total. The average Bonchev–Trinajstić information content (AvgIpc) is 3.23. The number of fused-ring (bicyclic) bond motifs is 3. The maximum Gasteiger partial charge on any atom is 0.338 e. The Morgan fingerprint density at radius 1 is 0.491 bits per heavy atom. The molecule has 7 aromatic rings. The predicted molar refractivity (Wildman–Crippen MR) is 233 cm³/mol. The van der Waals surface area contributed by atoms with E-state index in [2.05, 4.69) is 144 Å². The van der Waals surface area contributed by atoms with Gasteiger partial charge in [-0.25, -0.2) is 4.79 Å². The van der Waals surface area contributed by atoms with Crippen molar-refractivity contribution < 1.29 is 9.53 Å². The van der Waals surface area contributed by atoms with Crippen molar-refractivity contribution in [3.63, 3.8) is 0 Å². The number of nitrogens with one attached hydrogen (secondary N) is 7. The summed E-state index contributed by atoms with van der Waals surface area (Å²) in [5.74, 6) is -0.295. The van der Waals surface area contributed by atoms with Crippen molar-refractivity contribution in [1.29, 1.82) is 0 Å². The van der Waals surface area contributed by atoms with E-state index in [-0.39, 0.29) is 5.97 Å². The first kappa shape index (κ1) is 36.7. The summed E-state index contributed by atoms with van der Waals surface area (Å²) >= 11 is 0. The second-order valence-corrected chi connectivity index (χ2v) is 13.7. The molecule has 0 spiro atoms. The van der Waals surface area contributed by atoms with Crippen LogP contribution in [0.2, 0.25) is 0 Å². The molecule has 0 saturated carbocycles. The maximum absolute atomic E-state index is 12.4. The molecule has 0 heterocycles. The third-order valence-electron chi connectivity index (χ3n) is 9.89. The number of hydrazine groups is 3. The Hall–Kier alpha value is -6.61. The molecule has 9 nitrogen and oxygen atoms in total. The fourth-order valence-electron chi connectivity index (χ4n) is 6.63. The Morgan fingerprint density at radius 2 is 0.873 bits per heavy atom. The maximum atomic E-state index is 12.4. The van der Waals surface area contributed by atoms with Gasteiger partial charge in [0.1, 0.15) is 0 Å². The minimum atomic E-state index is -0.295. The highest BCUT2D eigenvalue weighted by atomic mass is 16.5. The van der Waals surface area contributed by atoms with Gasteiger partial charge in [0.15, 0.2) is 0 Å². The third kappa shape index (κ3) is 8.63. The molecule has 0 aliphatic rings. The second kappa shape index (κ2) is 17.5. The average molecular weight is 732 g/mol. The number of ether oxygens (including phenoxy) is 1. The van der Waals surface area contributed by atoms with Crippen molar-refractivity contribution >= 4 is 78.1 Å². The van der Waals surface area contributed by atoms with Gasteiger partial charge in [0, 0.05) is 44.0 Å². The zero-order valence-corrected chi connectivity index (χ0v) is 31.6. The standard InChI is InChI=1S/C46H49N7O2/c1-4-6-13-30-55-46(54)32-20-22-33(23-21-32)48-49-41-26-27-43(37-17-10-9-16-36(37)41)52-53-45-29-28-44(38-18-11-12-19-39(38)45)51-50-42-25-24-40(47-31(3)5-2)34-14-7-8-15-35(34)42/h7-12,14-29,31,47-53H,4-6,13,30H2,1-3H3. The first-order valence-electron chi connectivity index (χ1n) is 19.2. The Kier molecular flexibility index (Phi) is 11.7. The number of carbonyl (C=O) groups is 1. The van der Waals surface area contributed by atoms with Crippen molar-refractivity contribution in [2.24, 2.45) is 0 Å². The smallest absolute Gasteiger partial charge is 0.338 e. The van der Waals surface area contributed by atoms with Crippen molar-refractivity contribution in [2.75, 3.05) is 44.5 Å². The monoisotopic (exact) mass is 731 g/mol. The molecule has 0 fully saturated rings. The van der Waals surface area contributed by atoms with Crippen LogP contribution in [0.15, 0.2) is 133 Å². The van der Waals surface area contributed by atoms with Crippen LogP contribution in [-0.2, 0) is 4.74 Å². The topological polar surface area (TPSA) is 111 Å². The summed E-state index contributed by atoms with van der Waals surface area (Å²) in [6, 6.07) is 45.3. The van der Waals surface area contributed by atoms with Gasteiger partial charge in [-0.1, -0.05) is 99.5 Å². The zero-order valence-electron chi connectivity index (χ0n) is 31.6. The van der Waals surface area contributed by atoms with Gasteiger partial charge in [0.25, 0.3) is 0 Å². The summed E-state index contributed by atoms with van der Waals surface area (Å²) in [4.78, 5) is 12.4. The molecule has 0 aliphatic carbocycles. The van der Waals surface area contributed by atoms with Crippen molar-refractivity contribution in [3.05, 3.63) is 139 Å². The molecule has 1 atom stereocenters. The summed E-state index contributed by atoms with van der Waals surface area (Å²) < 4.78 is 5.39. The molecule has 280 valence electrons. The van der Waals surface area contributed by atoms with Gasteiger partial charge in [-0.15, -0.1) is 0 Å². The van der Waals surface area contributed by atoms with Gasteiger partial charge < -0.3 is 42.6 Å². The lowest BCUT2D eigenvalue weighted by Gasteiger charge is -2.20. The molecule has 0 aliphatic heterocycles. The highest BCUT2D eigenvalue weighted by molar-refractivity contribution is 6.06. The summed E-state index contributed by atoms with van der Waals surface area (Å²) in [5.41, 5.74) is 27.8. The molecule has 9 heteroatoms. The van der Waals surface area contributed by atoms with Gasteiger partial charge >= 0.3 is 5.97 Å². The molecule has 7 aromatic carbocycles. The summed E-state index contributed by atoms with van der Waals surface area (Å²) in [6.45, 7) is 6.97. The number of esters is 1. The molecule has 0 aromatic heterocycles. The molecule has 7 rings (SSSR count). The Bertz CT molecular complexity index is 2400. The van der Waals surface area contributed by atoms with Crippen LogP contribution in [0, 0.1) is 0 Å². The van der Waals surface area contributed by atoms with E-state index in [1.54, 1.807) is 12.1 Å². The SMILES string of the molecule is CCCCCOC(=O)c1ccc(NNc2ccc(NNc3ccc(NNc4ccc(NC(C)CC)c5ccccc45)c4ccccc34)c3ccccc23)cc1. The van der Waals surface area contributed by atoms with Crippen LogP contribution >= 0.6 is 0 Å². The fourth-order valence-corrected chi connectivity index (χ4v) is 6.63. The minimum Gasteiger partial charge on any atom is -0.462 e. The largest absolute Gasteiger partial charge is 0.462 e. The third-order valence-corrected chi connectivity index (χ3v) is 9.89. The van der Waals surface area contributed by atoms with Gasteiger partial charge in [-0.2, -0.15) is 0 Å². The van der Waals surface area contributed by atoms with Gasteiger partial charge in [0.05, 0.1) is 46.3 Å². The number of unbranched alkanes of at least 4 members (excludes halogenated alkanes) is 2. The van der Waals surface area contributed by atoms with E-state index in [0.717, 1.165) is 92.4 Å². The number of hydrogen-bond acceptors (Lipinski definition) is 9. The van der Waals surface area contributed by atoms with Crippen molar-refractivity contribution in [3.8, 4) is 0 Å². The Balaban J connectivity index is 1.03. The van der Waals surface area contributed by atoms with Gasteiger partial charge in [-0.3, -0.25) is 0 Å². The van der Waals surface area contributed by atoms with E-state index in [4.69, 9.17) is 4.74 Å². The Labute approximate surface area is 322 Å². The zero-order chi connectivity index (χ0) is 38.0. The quantitative estimate of drug-likeness (QED) is 0.0280. The van der Waals surface area contributed by atoms with Crippen LogP contribution in [0.3, 0.4) is 0 Å². The molecule has 1 unspecified atom stereocenters. The predicted octanol–water partition coefficient (Wildman–Crippen LogP) is 12.0. The van der Waals surface area contributed by atoms with Crippen LogP contribution in [-0.4, -0.2) is 18.6 Å². The lowest BCUT2D eigenvalue weighted by molar-refractivity contribution is 0.0498. The molecule has 55 heavy (non-hydrogen) atoms. The summed E-state index contributed by atoms with van der Waals surface area (Å²) in [5, 5.41) is 10.2. The molecule has 0 radical (unpaired) electrons. The minimum absolute atomic E-state index is 0.295. The van der Waals surface area contributed by atoms with Crippen molar-refractivity contribution in [2.45, 2.75) is 52.5 Å². The number of hydrogen-bond donors (Lipinski definition) is 7. The fraction of sp³-hybridized carbons (Fsp3) is 0.196. The van der Waals surface area contributed by atoms with Crippen LogP contribution in [0.5, 0.6) is 0 Å². The lowest BCUT2D eigenvalue weighted by Crippen LogP contribution is -2.14. The van der Waals surface area contributed by atoms with Crippen LogP contribution in [0.25, 0.3) is 32.3 Å². The Morgan fingerprint density at radius 3 is 1.27 bits per heavy atom. The summed E-state index contributed by atoms with van der Waals surface area (Å²) in [6.07, 6.45) is 4.08. The molecule has 0 saturated heterocycles. The first-order valence-corrected chi connectivity index (χ1v) is 19.2.